The summed E-state index contributed by atoms with van der Waals surface area (Å²) in [4.78, 5) is 0. The Morgan fingerprint density at radius 1 is 0.895 bits per heavy atom. The van der Waals surface area contributed by atoms with E-state index in [1.165, 1.54) is 0 Å². The monoisotopic (exact) mass is 310 g/mol. The van der Waals surface area contributed by atoms with Crippen LogP contribution in [0, 0.1) is 0 Å². The molecule has 0 atom stereocenters. The van der Waals surface area contributed by atoms with E-state index < -0.39 is 36.9 Å². The van der Waals surface area contributed by atoms with Crippen LogP contribution in [0.4, 0.5) is 43.9 Å². The molecular formula is C7H4F10O2. The molecule has 0 bridgehead atoms. The van der Waals surface area contributed by atoms with Crippen LogP contribution in [0.3, 0.4) is 0 Å². The maximum Gasteiger partial charge on any atom is 0.433 e. The fraction of sp³-hybridized carbons (Fsp3) is 0.714. The molecule has 0 spiro atoms. The van der Waals surface area contributed by atoms with Crippen LogP contribution in [0.2, 0.25) is 0 Å². The molecule has 0 aromatic carbocycles. The van der Waals surface area contributed by atoms with Crippen molar-refractivity contribution in [1.29, 1.82) is 0 Å². The van der Waals surface area contributed by atoms with Crippen molar-refractivity contribution in [2.75, 3.05) is 6.86 Å². The van der Waals surface area contributed by atoms with Gasteiger partial charge in [-0.25, -0.2) is 13.5 Å². The van der Waals surface area contributed by atoms with Crippen LogP contribution >= 0.6 is 0 Å². The smallest absolute Gasteiger partial charge is 0.283 e. The van der Waals surface area contributed by atoms with Crippen molar-refractivity contribution in [2.45, 2.75) is 24.2 Å². The average Bonchev–Trinajstić information content (AvgIpc) is 2.14. The zero-order valence-electron chi connectivity index (χ0n) is 8.51. The molecule has 0 aliphatic heterocycles. The normalized spacial score (nSPS) is 14.6. The van der Waals surface area contributed by atoms with Crippen molar-refractivity contribution in [1.82, 2.24) is 0 Å². The molecule has 0 amide bonds. The van der Waals surface area contributed by atoms with E-state index in [4.69, 9.17) is 0 Å². The molecule has 0 N–H and O–H groups in total. The Morgan fingerprint density at radius 3 is 1.63 bits per heavy atom. The maximum atomic E-state index is 12.6. The van der Waals surface area contributed by atoms with Crippen LogP contribution in [0.15, 0.2) is 12.4 Å². The standard InChI is InChI=1S/C7H4F10O2/c1-3(9)4(10,11)19-7(16,17)5(12,13)6(14,15)18-2-8/h1-2H2. The number of rotatable bonds is 7. The Hall–Kier alpha value is -1.04. The molecule has 12 heteroatoms. The van der Waals surface area contributed by atoms with Gasteiger partial charge in [-0.3, -0.25) is 4.74 Å². The van der Waals surface area contributed by atoms with E-state index in [0.717, 1.165) is 0 Å². The van der Waals surface area contributed by atoms with Crippen molar-refractivity contribution in [3.63, 3.8) is 0 Å². The van der Waals surface area contributed by atoms with Crippen LogP contribution in [-0.4, -0.2) is 31.1 Å². The van der Waals surface area contributed by atoms with E-state index in [0.29, 0.717) is 0 Å². The number of hydrogen-bond acceptors (Lipinski definition) is 2. The molecule has 0 rings (SSSR count). The minimum Gasteiger partial charge on any atom is -0.283 e. The quantitative estimate of drug-likeness (QED) is 0.665. The summed E-state index contributed by atoms with van der Waals surface area (Å²) in [6.45, 7) is -0.827. The number of hydrogen-bond donors (Lipinski definition) is 0. The lowest BCUT2D eigenvalue weighted by atomic mass is 10.3. The van der Waals surface area contributed by atoms with Crippen molar-refractivity contribution >= 4 is 0 Å². The third kappa shape index (κ3) is 3.49. The molecule has 0 radical (unpaired) electrons. The summed E-state index contributed by atoms with van der Waals surface area (Å²) in [5.41, 5.74) is 0. The first kappa shape index (κ1) is 18.0. The third-order valence-corrected chi connectivity index (χ3v) is 1.54. The molecule has 0 saturated heterocycles. The maximum absolute atomic E-state index is 12.6. The highest BCUT2D eigenvalue weighted by Crippen LogP contribution is 2.49. The topological polar surface area (TPSA) is 18.5 Å². The first-order valence-corrected chi connectivity index (χ1v) is 3.97. The molecule has 0 fully saturated rings. The van der Waals surface area contributed by atoms with Crippen molar-refractivity contribution in [2.24, 2.45) is 0 Å². The zero-order valence-corrected chi connectivity index (χ0v) is 8.51. The van der Waals surface area contributed by atoms with Crippen molar-refractivity contribution in [3.8, 4) is 0 Å². The van der Waals surface area contributed by atoms with Gasteiger partial charge in [0.2, 0.25) is 0 Å². The van der Waals surface area contributed by atoms with Gasteiger partial charge in [0, 0.05) is 0 Å². The predicted molar refractivity (Wildman–Crippen MR) is 38.2 cm³/mol. The summed E-state index contributed by atoms with van der Waals surface area (Å²) in [7, 11) is 0. The van der Waals surface area contributed by atoms with Gasteiger partial charge in [0.05, 0.1) is 0 Å². The van der Waals surface area contributed by atoms with Crippen LogP contribution < -0.4 is 0 Å². The summed E-state index contributed by atoms with van der Waals surface area (Å²) in [6, 6.07) is 0. The lowest BCUT2D eigenvalue weighted by molar-refractivity contribution is -0.485. The largest absolute Gasteiger partial charge is 0.433 e. The van der Waals surface area contributed by atoms with Crippen LogP contribution in [0.5, 0.6) is 0 Å². The summed E-state index contributed by atoms with van der Waals surface area (Å²) >= 11 is 0. The molecular weight excluding hydrogens is 306 g/mol. The molecule has 0 aliphatic carbocycles. The second-order valence-corrected chi connectivity index (χ2v) is 2.89. The van der Waals surface area contributed by atoms with Gasteiger partial charge in [0.1, 0.15) is 0 Å². The Labute approximate surface area is 98.1 Å². The van der Waals surface area contributed by atoms with E-state index in [1.807, 2.05) is 4.74 Å². The minimum absolute atomic E-state index is 1.79. The molecule has 0 aromatic rings. The predicted octanol–water partition coefficient (Wildman–Crippen LogP) is 3.84. The van der Waals surface area contributed by atoms with Gasteiger partial charge in [0.15, 0.2) is 12.7 Å². The van der Waals surface area contributed by atoms with Gasteiger partial charge in [-0.15, -0.1) is 0 Å². The molecule has 0 aromatic heterocycles. The van der Waals surface area contributed by atoms with E-state index in [2.05, 4.69) is 4.74 Å². The molecule has 114 valence electrons. The van der Waals surface area contributed by atoms with Gasteiger partial charge >= 0.3 is 24.2 Å². The highest BCUT2D eigenvalue weighted by Gasteiger charge is 2.76. The minimum atomic E-state index is -6.70. The van der Waals surface area contributed by atoms with Gasteiger partial charge in [-0.05, 0) is 0 Å². The van der Waals surface area contributed by atoms with E-state index in [1.54, 1.807) is 6.58 Å². The zero-order chi connectivity index (χ0) is 15.7. The highest BCUT2D eigenvalue weighted by atomic mass is 19.4. The second-order valence-electron chi connectivity index (χ2n) is 2.89. The molecule has 19 heavy (non-hydrogen) atoms. The van der Waals surface area contributed by atoms with E-state index in [-0.39, 0.29) is 0 Å². The van der Waals surface area contributed by atoms with Gasteiger partial charge in [-0.1, -0.05) is 6.58 Å². The number of alkyl halides is 9. The van der Waals surface area contributed by atoms with Crippen molar-refractivity contribution < 1.29 is 53.4 Å². The fourth-order valence-electron chi connectivity index (χ4n) is 0.609. The number of ether oxygens (including phenoxy) is 2. The highest BCUT2D eigenvalue weighted by molar-refractivity contribution is 4.94. The van der Waals surface area contributed by atoms with Crippen LogP contribution in [-0.2, 0) is 9.47 Å². The summed E-state index contributed by atoms with van der Waals surface area (Å²) in [6.07, 6.45) is -18.4. The Morgan fingerprint density at radius 2 is 1.32 bits per heavy atom. The summed E-state index contributed by atoms with van der Waals surface area (Å²) < 4.78 is 127. The lowest BCUT2D eigenvalue weighted by Crippen LogP contribution is -2.58. The van der Waals surface area contributed by atoms with Crippen LogP contribution in [0.1, 0.15) is 0 Å². The van der Waals surface area contributed by atoms with E-state index >= 15 is 0 Å². The first-order valence-electron chi connectivity index (χ1n) is 3.97. The van der Waals surface area contributed by atoms with Gasteiger partial charge in [0.25, 0.3) is 0 Å². The summed E-state index contributed by atoms with van der Waals surface area (Å²) in [5.74, 6) is -9.64. The second kappa shape index (κ2) is 5.15. The fourth-order valence-corrected chi connectivity index (χ4v) is 0.609. The van der Waals surface area contributed by atoms with E-state index in [9.17, 15) is 43.9 Å². The first-order chi connectivity index (χ1) is 8.21. The molecule has 0 heterocycles. The van der Waals surface area contributed by atoms with Crippen LogP contribution in [0.25, 0.3) is 0 Å². The molecule has 2 nitrogen and oxygen atoms in total. The average molecular weight is 310 g/mol. The Kier molecular flexibility index (Phi) is 4.87. The molecule has 0 unspecified atom stereocenters. The Bertz CT molecular complexity index is 339. The Balaban J connectivity index is 5.34. The lowest BCUT2D eigenvalue weighted by Gasteiger charge is -2.32. The third-order valence-electron chi connectivity index (χ3n) is 1.54. The SMILES string of the molecule is C=C(F)C(F)(F)OC(F)(F)C(F)(F)C(F)(F)OCF. The molecule has 0 saturated carbocycles. The van der Waals surface area contributed by atoms with Gasteiger partial charge in [-0.2, -0.15) is 35.1 Å². The number of halogens is 10. The molecule has 0 aliphatic rings. The van der Waals surface area contributed by atoms with Crippen molar-refractivity contribution in [3.05, 3.63) is 12.4 Å². The summed E-state index contributed by atoms with van der Waals surface area (Å²) in [5, 5.41) is 0. The van der Waals surface area contributed by atoms with Gasteiger partial charge < -0.3 is 0 Å².